The number of nitrogens with zero attached hydrogens (tertiary/aromatic N) is 3. The Morgan fingerprint density at radius 1 is 1.26 bits per heavy atom. The van der Waals surface area contributed by atoms with Crippen LogP contribution in [0.5, 0.6) is 0 Å². The molecule has 14 heteroatoms. The number of benzene rings is 1. The molecule has 0 aliphatic carbocycles. The van der Waals surface area contributed by atoms with E-state index in [4.69, 9.17) is 5.26 Å². The van der Waals surface area contributed by atoms with Gasteiger partial charge in [-0.25, -0.2) is 12.8 Å². The molecule has 0 radical (unpaired) electrons. The maximum atomic E-state index is 13.4. The quantitative estimate of drug-likeness (QED) is 0.584. The lowest BCUT2D eigenvalue weighted by molar-refractivity contribution is -0.147. The number of halogens is 5. The maximum absolute atomic E-state index is 13.4. The molecule has 8 nitrogen and oxygen atoms in total. The SMILES string of the molecule is C[C@@H](NS(=O)(=O)c1c(C#N)c(C(=O)Nc2ccc(F)c(C#N)c2)n(C)c1Br)C(F)(F)F. The van der Waals surface area contributed by atoms with Crippen molar-refractivity contribution >= 4 is 37.5 Å². The van der Waals surface area contributed by atoms with E-state index < -0.39 is 50.1 Å². The van der Waals surface area contributed by atoms with Gasteiger partial charge in [-0.3, -0.25) is 4.79 Å². The normalized spacial score (nSPS) is 12.7. The van der Waals surface area contributed by atoms with Gasteiger partial charge in [-0.15, -0.1) is 0 Å². The molecule has 2 N–H and O–H groups in total. The van der Waals surface area contributed by atoms with Gasteiger partial charge >= 0.3 is 6.18 Å². The number of carbonyl (C=O) groups excluding carboxylic acids is 1. The Balaban J connectivity index is 2.53. The Morgan fingerprint density at radius 3 is 2.39 bits per heavy atom. The smallest absolute Gasteiger partial charge is 0.332 e. The van der Waals surface area contributed by atoms with E-state index in [1.165, 1.54) is 17.8 Å². The zero-order valence-corrected chi connectivity index (χ0v) is 18.1. The fourth-order valence-corrected chi connectivity index (χ4v) is 4.98. The number of sulfonamides is 1. The first-order valence-electron chi connectivity index (χ1n) is 8.12. The third-order valence-corrected chi connectivity index (χ3v) is 6.83. The number of alkyl halides is 3. The molecule has 0 unspecified atom stereocenters. The molecule has 1 aromatic heterocycles. The molecule has 1 heterocycles. The topological polar surface area (TPSA) is 128 Å². The third kappa shape index (κ3) is 4.87. The van der Waals surface area contributed by atoms with Crippen LogP contribution in [0.15, 0.2) is 27.7 Å². The number of anilines is 1. The van der Waals surface area contributed by atoms with Gasteiger partial charge in [-0.1, -0.05) is 0 Å². The molecule has 2 aromatic rings. The molecule has 0 spiro atoms. The summed E-state index contributed by atoms with van der Waals surface area (Å²) in [6.07, 6.45) is -4.89. The van der Waals surface area contributed by atoms with Crippen LogP contribution in [0.25, 0.3) is 0 Å². The summed E-state index contributed by atoms with van der Waals surface area (Å²) >= 11 is 2.89. The summed E-state index contributed by atoms with van der Waals surface area (Å²) in [4.78, 5) is 11.8. The lowest BCUT2D eigenvalue weighted by Gasteiger charge is -2.17. The van der Waals surface area contributed by atoms with E-state index in [2.05, 4.69) is 21.2 Å². The second-order valence-electron chi connectivity index (χ2n) is 6.16. The number of hydrogen-bond acceptors (Lipinski definition) is 5. The number of carbonyl (C=O) groups is 1. The summed E-state index contributed by atoms with van der Waals surface area (Å²) in [7, 11) is -3.67. The Morgan fingerprint density at radius 2 is 1.87 bits per heavy atom. The highest BCUT2D eigenvalue weighted by Gasteiger charge is 2.41. The maximum Gasteiger partial charge on any atom is 0.404 e. The van der Waals surface area contributed by atoms with Crippen molar-refractivity contribution in [2.75, 3.05) is 5.32 Å². The number of nitrogens with one attached hydrogen (secondary N) is 2. The molecule has 0 bridgehead atoms. The largest absolute Gasteiger partial charge is 0.404 e. The number of amides is 1. The van der Waals surface area contributed by atoms with Gasteiger partial charge in [-0.05, 0) is 41.1 Å². The van der Waals surface area contributed by atoms with Crippen LogP contribution >= 0.6 is 15.9 Å². The van der Waals surface area contributed by atoms with Gasteiger partial charge < -0.3 is 9.88 Å². The molecular formula is C17H12BrF4N5O3S. The van der Waals surface area contributed by atoms with Crippen LogP contribution in [-0.2, 0) is 17.1 Å². The standard InChI is InChI=1S/C17H12BrF4N5O3S/c1-8(17(20,21)22)26-31(29,30)14-11(7-24)13(27(2)15(14)18)16(28)25-10-3-4-12(19)9(5-10)6-23/h3-5,8,26H,1-2H3,(H,25,28)/t8-/m1/s1. The Labute approximate surface area is 182 Å². The van der Waals surface area contributed by atoms with E-state index in [0.717, 1.165) is 22.8 Å². The minimum atomic E-state index is -4.89. The molecule has 1 aromatic carbocycles. The average Bonchev–Trinajstić information content (AvgIpc) is 2.93. The van der Waals surface area contributed by atoms with Crippen LogP contribution in [0.1, 0.15) is 28.5 Å². The minimum Gasteiger partial charge on any atom is -0.332 e. The average molecular weight is 522 g/mol. The predicted molar refractivity (Wildman–Crippen MR) is 103 cm³/mol. The summed E-state index contributed by atoms with van der Waals surface area (Å²) in [5.41, 5.74) is -1.61. The van der Waals surface area contributed by atoms with Crippen molar-refractivity contribution in [2.24, 2.45) is 7.05 Å². The highest BCUT2D eigenvalue weighted by Crippen LogP contribution is 2.32. The molecule has 164 valence electrons. The van der Waals surface area contributed by atoms with Crippen LogP contribution in [0, 0.1) is 28.5 Å². The highest BCUT2D eigenvalue weighted by molar-refractivity contribution is 9.10. The molecule has 0 fully saturated rings. The van der Waals surface area contributed by atoms with Gasteiger partial charge in [0.25, 0.3) is 5.91 Å². The monoisotopic (exact) mass is 521 g/mol. The lowest BCUT2D eigenvalue weighted by atomic mass is 10.2. The molecular weight excluding hydrogens is 510 g/mol. The molecule has 2 rings (SSSR count). The third-order valence-electron chi connectivity index (χ3n) is 4.04. The zero-order chi connectivity index (χ0) is 23.7. The van der Waals surface area contributed by atoms with E-state index in [-0.39, 0.29) is 15.9 Å². The first kappa shape index (κ1) is 24.3. The fraction of sp³-hybridized carbons (Fsp3) is 0.235. The number of nitriles is 2. The van der Waals surface area contributed by atoms with Gasteiger partial charge in [0.05, 0.1) is 5.56 Å². The Bertz CT molecular complexity index is 1240. The fourth-order valence-electron chi connectivity index (χ4n) is 2.48. The van der Waals surface area contributed by atoms with Crippen LogP contribution in [0.3, 0.4) is 0 Å². The molecule has 0 saturated heterocycles. The highest BCUT2D eigenvalue weighted by atomic mass is 79.9. The van der Waals surface area contributed by atoms with Gasteiger partial charge in [0.2, 0.25) is 10.0 Å². The van der Waals surface area contributed by atoms with Crippen LogP contribution in [0.2, 0.25) is 0 Å². The van der Waals surface area contributed by atoms with Crippen LogP contribution in [-0.4, -0.2) is 31.1 Å². The van der Waals surface area contributed by atoms with Gasteiger partial charge in [0.1, 0.15) is 44.8 Å². The first-order chi connectivity index (χ1) is 14.2. The summed E-state index contributed by atoms with van der Waals surface area (Å²) in [5.74, 6) is -1.85. The van der Waals surface area contributed by atoms with Crippen molar-refractivity contribution < 1.29 is 30.8 Å². The van der Waals surface area contributed by atoms with Crippen molar-refractivity contribution in [3.8, 4) is 12.1 Å². The van der Waals surface area contributed by atoms with E-state index >= 15 is 0 Å². The van der Waals surface area contributed by atoms with E-state index in [1.807, 2.05) is 0 Å². The predicted octanol–water partition coefficient (Wildman–Crippen LogP) is 3.15. The second kappa shape index (κ2) is 8.66. The van der Waals surface area contributed by atoms with Crippen molar-refractivity contribution in [3.63, 3.8) is 0 Å². The van der Waals surface area contributed by atoms with Crippen molar-refractivity contribution in [3.05, 3.63) is 45.4 Å². The van der Waals surface area contributed by atoms with Crippen molar-refractivity contribution in [1.29, 1.82) is 10.5 Å². The molecule has 0 saturated carbocycles. The second-order valence-corrected chi connectivity index (χ2v) is 8.56. The summed E-state index contributed by atoms with van der Waals surface area (Å²) in [6.45, 7) is 0.579. The summed E-state index contributed by atoms with van der Waals surface area (Å²) < 4.78 is 79.0. The zero-order valence-electron chi connectivity index (χ0n) is 15.7. The van der Waals surface area contributed by atoms with Gasteiger partial charge in [0.15, 0.2) is 0 Å². The summed E-state index contributed by atoms with van der Waals surface area (Å²) in [5, 5.41) is 20.6. The van der Waals surface area contributed by atoms with Crippen molar-refractivity contribution in [2.45, 2.75) is 24.0 Å². The van der Waals surface area contributed by atoms with Crippen LogP contribution < -0.4 is 10.0 Å². The van der Waals surface area contributed by atoms with Gasteiger partial charge in [0, 0.05) is 12.7 Å². The Hall–Kier alpha value is -2.94. The summed E-state index contributed by atoms with van der Waals surface area (Å²) in [6, 6.07) is 3.69. The Kier molecular flexibility index (Phi) is 6.80. The van der Waals surface area contributed by atoms with E-state index in [9.17, 15) is 36.0 Å². The van der Waals surface area contributed by atoms with E-state index in [0.29, 0.717) is 6.92 Å². The number of rotatable bonds is 5. The molecule has 0 aliphatic heterocycles. The first-order valence-corrected chi connectivity index (χ1v) is 10.4. The molecule has 0 aliphatic rings. The van der Waals surface area contributed by atoms with E-state index in [1.54, 1.807) is 6.07 Å². The van der Waals surface area contributed by atoms with Gasteiger partial charge in [-0.2, -0.15) is 28.4 Å². The number of aromatic nitrogens is 1. The molecule has 1 atom stereocenters. The van der Waals surface area contributed by atoms with Crippen molar-refractivity contribution in [1.82, 2.24) is 9.29 Å². The minimum absolute atomic E-state index is 0.0302. The van der Waals surface area contributed by atoms with Crippen LogP contribution in [0.4, 0.5) is 23.2 Å². The molecule has 1 amide bonds. The number of hydrogen-bond donors (Lipinski definition) is 2. The lowest BCUT2D eigenvalue weighted by Crippen LogP contribution is -2.43. The molecule has 31 heavy (non-hydrogen) atoms.